The maximum absolute atomic E-state index is 12.3. The summed E-state index contributed by atoms with van der Waals surface area (Å²) in [5.41, 5.74) is 2.01. The van der Waals surface area contributed by atoms with Crippen molar-refractivity contribution in [1.82, 2.24) is 24.7 Å². The van der Waals surface area contributed by atoms with E-state index >= 15 is 0 Å². The fourth-order valence-electron chi connectivity index (χ4n) is 2.97. The molecule has 0 bridgehead atoms. The van der Waals surface area contributed by atoms with E-state index in [4.69, 9.17) is 16.1 Å². The number of carbonyl (C=O) groups is 1. The average molecular weight is 395 g/mol. The minimum absolute atomic E-state index is 0.0828. The van der Waals surface area contributed by atoms with Crippen LogP contribution in [-0.2, 0) is 11.2 Å². The number of aromatic nitrogens is 5. The lowest BCUT2D eigenvalue weighted by Gasteiger charge is -2.05. The molecule has 0 radical (unpaired) electrons. The SMILES string of the molecule is O=C(Cc1nnc2cc(-c3nc(C4CC4)no3)ccn12)Nc1cccc(Cl)c1. The van der Waals surface area contributed by atoms with Gasteiger partial charge in [-0.15, -0.1) is 10.2 Å². The molecule has 0 aliphatic heterocycles. The van der Waals surface area contributed by atoms with E-state index in [0.29, 0.717) is 34.0 Å². The monoisotopic (exact) mass is 394 g/mol. The molecule has 140 valence electrons. The molecule has 9 heteroatoms. The summed E-state index contributed by atoms with van der Waals surface area (Å²) in [6, 6.07) is 10.6. The number of anilines is 1. The van der Waals surface area contributed by atoms with Crippen molar-refractivity contribution in [3.05, 3.63) is 59.3 Å². The molecular formula is C19H15ClN6O2. The van der Waals surface area contributed by atoms with Crippen LogP contribution in [-0.4, -0.2) is 30.6 Å². The number of fused-ring (bicyclic) bond motifs is 1. The van der Waals surface area contributed by atoms with E-state index in [9.17, 15) is 4.79 Å². The first kappa shape index (κ1) is 16.9. The van der Waals surface area contributed by atoms with Crippen LogP contribution in [0.25, 0.3) is 17.1 Å². The number of hydrogen-bond acceptors (Lipinski definition) is 6. The number of hydrogen-bond donors (Lipinski definition) is 1. The Kier molecular flexibility index (Phi) is 4.05. The van der Waals surface area contributed by atoms with Gasteiger partial charge in [0.25, 0.3) is 5.89 Å². The molecule has 0 atom stereocenters. The van der Waals surface area contributed by atoms with Crippen molar-refractivity contribution < 1.29 is 9.32 Å². The largest absolute Gasteiger partial charge is 0.334 e. The number of nitrogens with one attached hydrogen (secondary N) is 1. The second kappa shape index (κ2) is 6.72. The molecule has 0 unspecified atom stereocenters. The minimum Gasteiger partial charge on any atom is -0.334 e. The van der Waals surface area contributed by atoms with E-state index < -0.39 is 0 Å². The lowest BCUT2D eigenvalue weighted by molar-refractivity contribution is -0.115. The minimum atomic E-state index is -0.202. The van der Waals surface area contributed by atoms with Crippen LogP contribution in [0.4, 0.5) is 5.69 Å². The first-order valence-electron chi connectivity index (χ1n) is 8.89. The fourth-order valence-corrected chi connectivity index (χ4v) is 3.16. The third-order valence-corrected chi connectivity index (χ3v) is 4.77. The van der Waals surface area contributed by atoms with Gasteiger partial charge in [0.05, 0.1) is 6.42 Å². The Balaban J connectivity index is 1.35. The second-order valence-corrected chi connectivity index (χ2v) is 7.16. The number of nitrogens with zero attached hydrogens (tertiary/aromatic N) is 5. The first-order valence-corrected chi connectivity index (χ1v) is 9.26. The molecule has 1 aliphatic rings. The highest BCUT2D eigenvalue weighted by Gasteiger charge is 2.29. The van der Waals surface area contributed by atoms with Gasteiger partial charge in [0.2, 0.25) is 5.91 Å². The lowest BCUT2D eigenvalue weighted by Crippen LogP contribution is -2.16. The highest BCUT2D eigenvalue weighted by Crippen LogP contribution is 2.38. The molecule has 1 amide bonds. The summed E-state index contributed by atoms with van der Waals surface area (Å²) in [4.78, 5) is 16.8. The van der Waals surface area contributed by atoms with Crippen molar-refractivity contribution in [2.45, 2.75) is 25.2 Å². The Hall–Kier alpha value is -3.26. The standard InChI is InChI=1S/C19H15ClN6O2/c20-13-2-1-3-14(9-13)21-17(27)10-16-24-23-15-8-12(6-7-26(15)16)19-22-18(25-28-19)11-4-5-11/h1-3,6-9,11H,4-5,10H2,(H,21,27). The second-order valence-electron chi connectivity index (χ2n) is 6.73. The Morgan fingerprint density at radius 2 is 2.14 bits per heavy atom. The molecule has 1 saturated carbocycles. The molecular weight excluding hydrogens is 380 g/mol. The summed E-state index contributed by atoms with van der Waals surface area (Å²) < 4.78 is 7.12. The summed E-state index contributed by atoms with van der Waals surface area (Å²) >= 11 is 5.94. The highest BCUT2D eigenvalue weighted by molar-refractivity contribution is 6.30. The molecule has 1 aliphatic carbocycles. The number of carbonyl (C=O) groups excluding carboxylic acids is 1. The molecule has 8 nitrogen and oxygen atoms in total. The number of pyridine rings is 1. The molecule has 28 heavy (non-hydrogen) atoms. The van der Waals surface area contributed by atoms with Gasteiger partial charge in [-0.1, -0.05) is 22.8 Å². The molecule has 0 spiro atoms. The van der Waals surface area contributed by atoms with E-state index in [1.165, 1.54) is 0 Å². The maximum Gasteiger partial charge on any atom is 0.258 e. The van der Waals surface area contributed by atoms with Gasteiger partial charge in [0.1, 0.15) is 5.82 Å². The number of amides is 1. The van der Waals surface area contributed by atoms with Gasteiger partial charge < -0.3 is 9.84 Å². The molecule has 1 N–H and O–H groups in total. The van der Waals surface area contributed by atoms with Crippen LogP contribution in [0.2, 0.25) is 5.02 Å². The summed E-state index contributed by atoms with van der Waals surface area (Å²) in [5, 5.41) is 15.7. The molecule has 3 heterocycles. The first-order chi connectivity index (χ1) is 13.7. The molecule has 4 aromatic rings. The van der Waals surface area contributed by atoms with Crippen LogP contribution in [0.15, 0.2) is 47.1 Å². The normalized spacial score (nSPS) is 13.8. The molecule has 0 saturated heterocycles. The van der Waals surface area contributed by atoms with Gasteiger partial charge in [0, 0.05) is 28.4 Å². The van der Waals surface area contributed by atoms with E-state index in [0.717, 1.165) is 24.2 Å². The molecule has 3 aromatic heterocycles. The van der Waals surface area contributed by atoms with Crippen LogP contribution < -0.4 is 5.32 Å². The van der Waals surface area contributed by atoms with Crippen LogP contribution in [0.5, 0.6) is 0 Å². The van der Waals surface area contributed by atoms with Crippen LogP contribution in [0.1, 0.15) is 30.4 Å². The zero-order chi connectivity index (χ0) is 19.1. The highest BCUT2D eigenvalue weighted by atomic mass is 35.5. The van der Waals surface area contributed by atoms with Crippen molar-refractivity contribution in [2.75, 3.05) is 5.32 Å². The summed E-state index contributed by atoms with van der Waals surface area (Å²) in [6.45, 7) is 0. The lowest BCUT2D eigenvalue weighted by atomic mass is 10.2. The number of halogens is 1. The van der Waals surface area contributed by atoms with Gasteiger partial charge in [-0.2, -0.15) is 4.98 Å². The Labute approximate surface area is 164 Å². The fraction of sp³-hybridized carbons (Fsp3) is 0.211. The van der Waals surface area contributed by atoms with Gasteiger partial charge >= 0.3 is 0 Å². The van der Waals surface area contributed by atoms with Crippen LogP contribution in [0, 0.1) is 0 Å². The van der Waals surface area contributed by atoms with Gasteiger partial charge in [-0.3, -0.25) is 9.20 Å². The predicted octanol–water partition coefficient (Wildman–Crippen LogP) is 3.49. The van der Waals surface area contributed by atoms with E-state index in [2.05, 4.69) is 25.7 Å². The Bertz CT molecular complexity index is 1180. The van der Waals surface area contributed by atoms with Crippen molar-refractivity contribution in [3.8, 4) is 11.5 Å². The Morgan fingerprint density at radius 1 is 1.25 bits per heavy atom. The van der Waals surface area contributed by atoms with E-state index in [1.54, 1.807) is 34.9 Å². The van der Waals surface area contributed by atoms with Gasteiger partial charge in [-0.05, 0) is 43.2 Å². The third kappa shape index (κ3) is 3.34. The van der Waals surface area contributed by atoms with Crippen LogP contribution >= 0.6 is 11.6 Å². The predicted molar refractivity (Wildman–Crippen MR) is 102 cm³/mol. The average Bonchev–Trinajstić information content (AvgIpc) is 3.28. The molecule has 1 fully saturated rings. The third-order valence-electron chi connectivity index (χ3n) is 4.54. The van der Waals surface area contributed by atoms with Crippen molar-refractivity contribution >= 4 is 28.8 Å². The summed E-state index contributed by atoms with van der Waals surface area (Å²) in [5.74, 6) is 1.98. The quantitative estimate of drug-likeness (QED) is 0.556. The van der Waals surface area contributed by atoms with Crippen molar-refractivity contribution in [2.24, 2.45) is 0 Å². The number of rotatable bonds is 5. The smallest absolute Gasteiger partial charge is 0.258 e. The molecule has 1 aromatic carbocycles. The van der Waals surface area contributed by atoms with E-state index in [-0.39, 0.29) is 12.3 Å². The Morgan fingerprint density at radius 3 is 2.96 bits per heavy atom. The zero-order valence-electron chi connectivity index (χ0n) is 14.7. The van der Waals surface area contributed by atoms with Crippen LogP contribution in [0.3, 0.4) is 0 Å². The summed E-state index contributed by atoms with van der Waals surface area (Å²) in [7, 11) is 0. The van der Waals surface area contributed by atoms with Crippen molar-refractivity contribution in [3.63, 3.8) is 0 Å². The number of benzene rings is 1. The zero-order valence-corrected chi connectivity index (χ0v) is 15.4. The summed E-state index contributed by atoms with van der Waals surface area (Å²) in [6.07, 6.45) is 4.11. The van der Waals surface area contributed by atoms with Gasteiger partial charge in [-0.25, -0.2) is 0 Å². The molecule has 5 rings (SSSR count). The van der Waals surface area contributed by atoms with Crippen molar-refractivity contribution in [1.29, 1.82) is 0 Å². The van der Waals surface area contributed by atoms with E-state index in [1.807, 2.05) is 12.1 Å². The maximum atomic E-state index is 12.3. The van der Waals surface area contributed by atoms with Gasteiger partial charge in [0.15, 0.2) is 11.5 Å². The topological polar surface area (TPSA) is 98.2 Å².